The van der Waals surface area contributed by atoms with E-state index in [4.69, 9.17) is 10.8 Å². The van der Waals surface area contributed by atoms with E-state index < -0.39 is 5.54 Å². The molecule has 0 aliphatic carbocycles. The van der Waals surface area contributed by atoms with E-state index in [-0.39, 0.29) is 12.5 Å². The largest absolute Gasteiger partial charge is 0.396 e. The summed E-state index contributed by atoms with van der Waals surface area (Å²) >= 11 is 0. The van der Waals surface area contributed by atoms with Crippen LogP contribution in [0.25, 0.3) is 0 Å². The van der Waals surface area contributed by atoms with Gasteiger partial charge in [-0.1, -0.05) is 13.8 Å². The van der Waals surface area contributed by atoms with E-state index in [1.54, 1.807) is 0 Å². The number of rotatable bonds is 5. The molecule has 1 fully saturated rings. The van der Waals surface area contributed by atoms with Gasteiger partial charge in [-0.3, -0.25) is 4.79 Å². The predicted octanol–water partition coefficient (Wildman–Crippen LogP) is 0.735. The number of amides is 1. The molecule has 0 aromatic carbocycles. The lowest BCUT2D eigenvalue weighted by atomic mass is 9.92. The van der Waals surface area contributed by atoms with Gasteiger partial charge in [0.25, 0.3) is 0 Å². The van der Waals surface area contributed by atoms with Gasteiger partial charge in [0, 0.05) is 19.7 Å². The molecule has 1 rings (SSSR count). The Morgan fingerprint density at radius 3 is 2.62 bits per heavy atom. The highest BCUT2D eigenvalue weighted by Gasteiger charge is 2.37. The smallest absolute Gasteiger partial charge is 0.242 e. The average molecular weight is 228 g/mol. The van der Waals surface area contributed by atoms with Crippen LogP contribution in [0, 0.1) is 5.92 Å². The number of carbonyl (C=O) groups excluding carboxylic acids is 1. The third kappa shape index (κ3) is 2.74. The van der Waals surface area contributed by atoms with E-state index >= 15 is 0 Å². The van der Waals surface area contributed by atoms with Gasteiger partial charge in [0.2, 0.25) is 5.91 Å². The van der Waals surface area contributed by atoms with Crippen molar-refractivity contribution in [3.8, 4) is 0 Å². The Balaban J connectivity index is 2.56. The Hall–Kier alpha value is -0.610. The van der Waals surface area contributed by atoms with E-state index in [1.807, 2.05) is 18.7 Å². The number of carbonyl (C=O) groups is 1. The quantitative estimate of drug-likeness (QED) is 0.729. The number of aliphatic hydroxyl groups excluding tert-OH is 1. The summed E-state index contributed by atoms with van der Waals surface area (Å²) in [4.78, 5) is 14.1. The van der Waals surface area contributed by atoms with Gasteiger partial charge >= 0.3 is 0 Å². The zero-order chi connectivity index (χ0) is 12.2. The van der Waals surface area contributed by atoms with Gasteiger partial charge in [-0.2, -0.15) is 0 Å². The van der Waals surface area contributed by atoms with E-state index in [0.29, 0.717) is 18.8 Å². The van der Waals surface area contributed by atoms with Crippen molar-refractivity contribution in [2.75, 3.05) is 19.7 Å². The first-order valence-corrected chi connectivity index (χ1v) is 6.26. The number of likely N-dealkylation sites (tertiary alicyclic amines) is 1. The van der Waals surface area contributed by atoms with E-state index in [2.05, 4.69) is 0 Å². The molecule has 3 N–H and O–H groups in total. The third-order valence-corrected chi connectivity index (χ3v) is 3.80. The van der Waals surface area contributed by atoms with Gasteiger partial charge in [0.05, 0.1) is 5.54 Å². The van der Waals surface area contributed by atoms with Gasteiger partial charge < -0.3 is 15.7 Å². The molecule has 1 atom stereocenters. The summed E-state index contributed by atoms with van der Waals surface area (Å²) < 4.78 is 0. The molecule has 1 aliphatic rings. The molecule has 1 heterocycles. The van der Waals surface area contributed by atoms with Crippen molar-refractivity contribution in [2.24, 2.45) is 11.7 Å². The molecule has 94 valence electrons. The zero-order valence-electron chi connectivity index (χ0n) is 10.4. The molecule has 0 radical (unpaired) electrons. The topological polar surface area (TPSA) is 66.6 Å². The van der Waals surface area contributed by atoms with Crippen LogP contribution in [0.15, 0.2) is 0 Å². The van der Waals surface area contributed by atoms with Crippen LogP contribution in [0.1, 0.15) is 39.5 Å². The summed E-state index contributed by atoms with van der Waals surface area (Å²) in [5.74, 6) is 0.532. The zero-order valence-corrected chi connectivity index (χ0v) is 10.4. The maximum Gasteiger partial charge on any atom is 0.242 e. The average Bonchev–Trinajstić information content (AvgIpc) is 2.76. The molecule has 1 unspecified atom stereocenters. The van der Waals surface area contributed by atoms with E-state index in [0.717, 1.165) is 25.9 Å². The molecule has 4 heteroatoms. The van der Waals surface area contributed by atoms with Crippen molar-refractivity contribution >= 4 is 5.91 Å². The molecular weight excluding hydrogens is 204 g/mol. The maximum atomic E-state index is 12.2. The van der Waals surface area contributed by atoms with Gasteiger partial charge in [0.15, 0.2) is 0 Å². The van der Waals surface area contributed by atoms with Gasteiger partial charge in [-0.25, -0.2) is 0 Å². The minimum atomic E-state index is -0.686. The maximum absolute atomic E-state index is 12.2. The van der Waals surface area contributed by atoms with Crippen molar-refractivity contribution in [3.63, 3.8) is 0 Å². The number of hydrogen-bond acceptors (Lipinski definition) is 3. The van der Waals surface area contributed by atoms with Gasteiger partial charge in [0.1, 0.15) is 0 Å². The lowest BCUT2D eigenvalue weighted by Gasteiger charge is -2.30. The lowest BCUT2D eigenvalue weighted by Crippen LogP contribution is -2.54. The highest BCUT2D eigenvalue weighted by atomic mass is 16.3. The number of nitrogens with zero attached hydrogens (tertiary/aromatic N) is 1. The van der Waals surface area contributed by atoms with Crippen molar-refractivity contribution < 1.29 is 9.90 Å². The summed E-state index contributed by atoms with van der Waals surface area (Å²) in [7, 11) is 0. The number of aliphatic hydroxyl groups is 1. The second kappa shape index (κ2) is 5.64. The predicted molar refractivity (Wildman–Crippen MR) is 63.9 cm³/mol. The molecule has 1 aliphatic heterocycles. The monoisotopic (exact) mass is 228 g/mol. The Bertz CT molecular complexity index is 239. The molecule has 0 aromatic heterocycles. The second-order valence-electron chi connectivity index (χ2n) is 4.78. The summed E-state index contributed by atoms with van der Waals surface area (Å²) in [5.41, 5.74) is 5.41. The lowest BCUT2D eigenvalue weighted by molar-refractivity contribution is -0.136. The van der Waals surface area contributed by atoms with Crippen LogP contribution in [-0.4, -0.2) is 41.1 Å². The minimum absolute atomic E-state index is 0.0814. The van der Waals surface area contributed by atoms with Crippen LogP contribution >= 0.6 is 0 Å². The first-order valence-electron chi connectivity index (χ1n) is 6.26. The molecule has 16 heavy (non-hydrogen) atoms. The first kappa shape index (κ1) is 13.5. The Morgan fingerprint density at radius 1 is 1.50 bits per heavy atom. The summed E-state index contributed by atoms with van der Waals surface area (Å²) in [6, 6.07) is 0. The van der Waals surface area contributed by atoms with Gasteiger partial charge in [-0.05, 0) is 31.6 Å². The molecule has 0 aromatic rings. The highest BCUT2D eigenvalue weighted by molar-refractivity contribution is 5.86. The molecule has 4 nitrogen and oxygen atoms in total. The Labute approximate surface area is 97.8 Å². The minimum Gasteiger partial charge on any atom is -0.396 e. The van der Waals surface area contributed by atoms with E-state index in [1.165, 1.54) is 0 Å². The molecule has 0 spiro atoms. The SMILES string of the molecule is CCC(N)(CC)C(=O)N1CCC(CCO)C1. The summed E-state index contributed by atoms with van der Waals surface area (Å²) in [6.07, 6.45) is 3.16. The van der Waals surface area contributed by atoms with Crippen LogP contribution in [0.5, 0.6) is 0 Å². The number of hydrogen-bond donors (Lipinski definition) is 2. The second-order valence-corrected chi connectivity index (χ2v) is 4.78. The van der Waals surface area contributed by atoms with Crippen molar-refractivity contribution in [1.82, 2.24) is 4.90 Å². The van der Waals surface area contributed by atoms with Crippen LogP contribution in [0.3, 0.4) is 0 Å². The van der Waals surface area contributed by atoms with Crippen LogP contribution < -0.4 is 5.73 Å². The fourth-order valence-corrected chi connectivity index (χ4v) is 2.30. The van der Waals surface area contributed by atoms with Crippen molar-refractivity contribution in [1.29, 1.82) is 0 Å². The van der Waals surface area contributed by atoms with Crippen LogP contribution in [-0.2, 0) is 4.79 Å². The molecule has 0 saturated carbocycles. The van der Waals surface area contributed by atoms with Crippen LogP contribution in [0.2, 0.25) is 0 Å². The Kier molecular flexibility index (Phi) is 4.74. The van der Waals surface area contributed by atoms with Crippen LogP contribution in [0.4, 0.5) is 0 Å². The standard InChI is InChI=1S/C12H24N2O2/c1-3-12(13,4-2)11(16)14-7-5-10(9-14)6-8-15/h10,15H,3-9,13H2,1-2H3. The summed E-state index contributed by atoms with van der Waals surface area (Å²) in [6.45, 7) is 5.69. The fourth-order valence-electron chi connectivity index (χ4n) is 2.30. The van der Waals surface area contributed by atoms with Crippen molar-refractivity contribution in [2.45, 2.75) is 45.1 Å². The fraction of sp³-hybridized carbons (Fsp3) is 0.917. The normalized spacial score (nSPS) is 21.5. The summed E-state index contributed by atoms with van der Waals surface area (Å²) in [5, 5.41) is 8.88. The van der Waals surface area contributed by atoms with E-state index in [9.17, 15) is 4.79 Å². The molecule has 1 saturated heterocycles. The van der Waals surface area contributed by atoms with Gasteiger partial charge in [-0.15, -0.1) is 0 Å². The number of nitrogens with two attached hydrogens (primary N) is 1. The Morgan fingerprint density at radius 2 is 2.12 bits per heavy atom. The first-order chi connectivity index (χ1) is 7.57. The molecule has 0 bridgehead atoms. The highest BCUT2D eigenvalue weighted by Crippen LogP contribution is 2.23. The van der Waals surface area contributed by atoms with Crippen molar-refractivity contribution in [3.05, 3.63) is 0 Å². The third-order valence-electron chi connectivity index (χ3n) is 3.80. The molecular formula is C12H24N2O2. The molecule has 1 amide bonds.